The van der Waals surface area contributed by atoms with E-state index in [1.807, 2.05) is 17.0 Å². The number of ether oxygens (including phenoxy) is 1. The summed E-state index contributed by atoms with van der Waals surface area (Å²) in [4.78, 5) is 16.9. The summed E-state index contributed by atoms with van der Waals surface area (Å²) < 4.78 is 5.75. The number of nitrogens with zero attached hydrogens (tertiary/aromatic N) is 2. The number of carbonyl (C=O) groups excluding carboxylic acids is 1. The standard InChI is InChI=1S/C21H31ClN2O3/c22-18-7-5-8-19(15-18)27-17-21(26)10-6-13-24(16-21)20(25)9-14-23-11-3-1-2-4-12-23/h5,7-8,15,26H,1-4,6,9-14,16-17H2. The molecule has 5 nitrogen and oxygen atoms in total. The van der Waals surface area contributed by atoms with Crippen molar-refractivity contribution in [2.75, 3.05) is 39.3 Å². The second-order valence-electron chi connectivity index (χ2n) is 7.90. The van der Waals surface area contributed by atoms with Crippen LogP contribution in [0, 0.1) is 0 Å². The lowest BCUT2D eigenvalue weighted by molar-refractivity contribution is -0.140. The van der Waals surface area contributed by atoms with Crippen LogP contribution in [-0.2, 0) is 4.79 Å². The van der Waals surface area contributed by atoms with Crippen molar-refractivity contribution in [1.82, 2.24) is 9.80 Å². The number of halogens is 1. The molecule has 0 spiro atoms. The summed E-state index contributed by atoms with van der Waals surface area (Å²) >= 11 is 5.98. The summed E-state index contributed by atoms with van der Waals surface area (Å²) in [6.45, 7) is 4.26. The first-order valence-electron chi connectivity index (χ1n) is 10.1. The Hall–Kier alpha value is -1.30. The van der Waals surface area contributed by atoms with E-state index in [-0.39, 0.29) is 12.5 Å². The zero-order valence-corrected chi connectivity index (χ0v) is 16.8. The zero-order valence-electron chi connectivity index (χ0n) is 16.0. The molecule has 1 N–H and O–H groups in total. The number of aliphatic hydroxyl groups is 1. The van der Waals surface area contributed by atoms with Gasteiger partial charge in [-0.1, -0.05) is 30.5 Å². The minimum Gasteiger partial charge on any atom is -0.490 e. The number of amides is 1. The van der Waals surface area contributed by atoms with Crippen LogP contribution >= 0.6 is 11.6 Å². The Balaban J connectivity index is 1.47. The third kappa shape index (κ3) is 6.37. The fourth-order valence-corrected chi connectivity index (χ4v) is 4.17. The number of piperidine rings is 1. The van der Waals surface area contributed by atoms with Crippen molar-refractivity contribution in [3.05, 3.63) is 29.3 Å². The van der Waals surface area contributed by atoms with Crippen LogP contribution in [-0.4, -0.2) is 65.7 Å². The van der Waals surface area contributed by atoms with Gasteiger partial charge >= 0.3 is 0 Å². The maximum atomic E-state index is 12.7. The molecule has 3 rings (SSSR count). The van der Waals surface area contributed by atoms with E-state index in [4.69, 9.17) is 16.3 Å². The van der Waals surface area contributed by atoms with E-state index in [1.165, 1.54) is 25.7 Å². The highest BCUT2D eigenvalue weighted by Crippen LogP contribution is 2.24. The van der Waals surface area contributed by atoms with Gasteiger partial charge in [0.1, 0.15) is 18.0 Å². The van der Waals surface area contributed by atoms with Crippen molar-refractivity contribution in [1.29, 1.82) is 0 Å². The summed E-state index contributed by atoms with van der Waals surface area (Å²) in [7, 11) is 0. The number of hydrogen-bond donors (Lipinski definition) is 1. The highest BCUT2D eigenvalue weighted by Gasteiger charge is 2.36. The molecule has 0 aliphatic carbocycles. The van der Waals surface area contributed by atoms with E-state index in [9.17, 15) is 9.90 Å². The van der Waals surface area contributed by atoms with Gasteiger partial charge in [0.15, 0.2) is 0 Å². The first kappa shape index (κ1) is 20.4. The normalized spacial score (nSPS) is 24.4. The van der Waals surface area contributed by atoms with Crippen LogP contribution in [0.1, 0.15) is 44.9 Å². The molecule has 1 aromatic rings. The van der Waals surface area contributed by atoms with Gasteiger partial charge in [-0.2, -0.15) is 0 Å². The summed E-state index contributed by atoms with van der Waals surface area (Å²) in [5, 5.41) is 11.5. The average Bonchev–Trinajstić information content (AvgIpc) is 2.93. The van der Waals surface area contributed by atoms with Crippen LogP contribution in [0.3, 0.4) is 0 Å². The Morgan fingerprint density at radius 1 is 1.15 bits per heavy atom. The molecule has 2 aliphatic heterocycles. The first-order chi connectivity index (χ1) is 13.0. The molecule has 1 unspecified atom stereocenters. The molecule has 6 heteroatoms. The number of carbonyl (C=O) groups is 1. The summed E-state index contributed by atoms with van der Waals surface area (Å²) in [6.07, 6.45) is 7.04. The van der Waals surface area contributed by atoms with Crippen molar-refractivity contribution in [2.24, 2.45) is 0 Å². The maximum absolute atomic E-state index is 12.7. The van der Waals surface area contributed by atoms with E-state index >= 15 is 0 Å². The van der Waals surface area contributed by atoms with Crippen molar-refractivity contribution < 1.29 is 14.6 Å². The van der Waals surface area contributed by atoms with Crippen molar-refractivity contribution in [3.63, 3.8) is 0 Å². The monoisotopic (exact) mass is 394 g/mol. The molecule has 0 saturated carbocycles. The molecule has 0 aromatic heterocycles. The topological polar surface area (TPSA) is 53.0 Å². The molecule has 27 heavy (non-hydrogen) atoms. The van der Waals surface area contributed by atoms with Gasteiger partial charge in [0, 0.05) is 24.5 Å². The van der Waals surface area contributed by atoms with Crippen LogP contribution in [0.5, 0.6) is 5.75 Å². The van der Waals surface area contributed by atoms with E-state index < -0.39 is 5.60 Å². The highest BCUT2D eigenvalue weighted by molar-refractivity contribution is 6.30. The molecule has 1 aromatic carbocycles. The van der Waals surface area contributed by atoms with E-state index in [1.54, 1.807) is 12.1 Å². The highest BCUT2D eigenvalue weighted by atomic mass is 35.5. The fraction of sp³-hybridized carbons (Fsp3) is 0.667. The Morgan fingerprint density at radius 2 is 1.93 bits per heavy atom. The Kier molecular flexibility index (Phi) is 7.39. The number of benzene rings is 1. The minimum atomic E-state index is -1.00. The van der Waals surface area contributed by atoms with Crippen LogP contribution < -0.4 is 4.74 Å². The van der Waals surface area contributed by atoms with E-state index in [0.29, 0.717) is 30.2 Å². The second-order valence-corrected chi connectivity index (χ2v) is 8.33. The summed E-state index contributed by atoms with van der Waals surface area (Å²) in [6, 6.07) is 7.16. The molecule has 2 fully saturated rings. The molecule has 0 radical (unpaired) electrons. The van der Waals surface area contributed by atoms with Crippen LogP contribution in [0.25, 0.3) is 0 Å². The van der Waals surface area contributed by atoms with Crippen molar-refractivity contribution in [3.8, 4) is 5.75 Å². The van der Waals surface area contributed by atoms with Crippen molar-refractivity contribution in [2.45, 2.75) is 50.5 Å². The lowest BCUT2D eigenvalue weighted by Crippen LogP contribution is -2.53. The molecule has 1 atom stereocenters. The number of β-amino-alcohol motifs (C(OH)–C–C–N with tert-alkyl or cyclic N) is 1. The molecule has 150 valence electrons. The van der Waals surface area contributed by atoms with E-state index in [2.05, 4.69) is 4.90 Å². The van der Waals surface area contributed by atoms with Gasteiger partial charge in [0.2, 0.25) is 5.91 Å². The van der Waals surface area contributed by atoms with Crippen LogP contribution in [0.15, 0.2) is 24.3 Å². The largest absolute Gasteiger partial charge is 0.490 e. The van der Waals surface area contributed by atoms with Gasteiger partial charge in [0.25, 0.3) is 0 Å². The molecule has 2 heterocycles. The van der Waals surface area contributed by atoms with Gasteiger partial charge in [-0.05, 0) is 57.0 Å². The molecule has 1 amide bonds. The lowest BCUT2D eigenvalue weighted by atomic mass is 9.93. The Morgan fingerprint density at radius 3 is 2.67 bits per heavy atom. The first-order valence-corrected chi connectivity index (χ1v) is 10.5. The molecule has 2 aliphatic rings. The number of rotatable bonds is 6. The van der Waals surface area contributed by atoms with Gasteiger partial charge in [-0.15, -0.1) is 0 Å². The maximum Gasteiger partial charge on any atom is 0.223 e. The van der Waals surface area contributed by atoms with Gasteiger partial charge in [-0.3, -0.25) is 4.79 Å². The lowest BCUT2D eigenvalue weighted by Gasteiger charge is -2.39. The SMILES string of the molecule is O=C(CCN1CCCCCC1)N1CCCC(O)(COc2cccc(Cl)c2)C1. The molecule has 2 saturated heterocycles. The quantitative estimate of drug-likeness (QED) is 0.804. The molecular weight excluding hydrogens is 364 g/mol. The van der Waals surface area contributed by atoms with Crippen LogP contribution in [0.4, 0.5) is 0 Å². The number of hydrogen-bond acceptors (Lipinski definition) is 4. The predicted octanol–water partition coefficient (Wildman–Crippen LogP) is 3.34. The molecule has 0 bridgehead atoms. The minimum absolute atomic E-state index is 0.139. The molecular formula is C21H31ClN2O3. The second kappa shape index (κ2) is 9.76. The average molecular weight is 395 g/mol. The zero-order chi connectivity index (χ0) is 19.1. The van der Waals surface area contributed by atoms with Gasteiger partial charge in [0.05, 0.1) is 6.54 Å². The van der Waals surface area contributed by atoms with Crippen LogP contribution in [0.2, 0.25) is 5.02 Å². The smallest absolute Gasteiger partial charge is 0.223 e. The fourth-order valence-electron chi connectivity index (χ4n) is 3.99. The Labute approximate surface area is 167 Å². The summed E-state index contributed by atoms with van der Waals surface area (Å²) in [5.74, 6) is 0.778. The van der Waals surface area contributed by atoms with Crippen molar-refractivity contribution >= 4 is 17.5 Å². The van der Waals surface area contributed by atoms with Gasteiger partial charge in [-0.25, -0.2) is 0 Å². The third-order valence-electron chi connectivity index (χ3n) is 5.55. The van der Waals surface area contributed by atoms with Gasteiger partial charge < -0.3 is 19.6 Å². The van der Waals surface area contributed by atoms with E-state index in [0.717, 1.165) is 32.6 Å². The summed E-state index contributed by atoms with van der Waals surface area (Å²) in [5.41, 5.74) is -1.00. The Bertz CT molecular complexity index is 619. The predicted molar refractivity (Wildman–Crippen MR) is 107 cm³/mol. The number of likely N-dealkylation sites (tertiary alicyclic amines) is 2. The third-order valence-corrected chi connectivity index (χ3v) is 5.79.